The van der Waals surface area contributed by atoms with Crippen molar-refractivity contribution in [1.29, 1.82) is 0 Å². The van der Waals surface area contributed by atoms with Crippen molar-refractivity contribution in [2.24, 2.45) is 5.92 Å². The van der Waals surface area contributed by atoms with Crippen molar-refractivity contribution >= 4 is 28.6 Å². The molecule has 1 fully saturated rings. The highest BCUT2D eigenvalue weighted by Crippen LogP contribution is 2.24. The van der Waals surface area contributed by atoms with E-state index < -0.39 is 0 Å². The third kappa shape index (κ3) is 3.93. The molecule has 0 bridgehead atoms. The van der Waals surface area contributed by atoms with Crippen LogP contribution in [-0.2, 0) is 4.79 Å². The van der Waals surface area contributed by atoms with E-state index in [4.69, 9.17) is 0 Å². The lowest BCUT2D eigenvalue weighted by Gasteiger charge is -2.29. The number of hydrogen-bond acceptors (Lipinski definition) is 4. The van der Waals surface area contributed by atoms with Gasteiger partial charge in [0.05, 0.1) is 16.7 Å². The van der Waals surface area contributed by atoms with E-state index in [2.05, 4.69) is 22.2 Å². The lowest BCUT2D eigenvalue weighted by molar-refractivity contribution is -0.119. The number of nitrogens with one attached hydrogen (secondary N) is 2. The molecule has 0 unspecified atom stereocenters. The van der Waals surface area contributed by atoms with Gasteiger partial charge in [-0.05, 0) is 30.9 Å². The molecule has 23 heavy (non-hydrogen) atoms. The molecule has 1 amide bonds. The number of hydrogen-bond donors (Lipinski definition) is 2. The van der Waals surface area contributed by atoms with Gasteiger partial charge in [0.25, 0.3) is 5.56 Å². The molecule has 6 heteroatoms. The molecule has 1 aliphatic carbocycles. The monoisotopic (exact) mass is 331 g/mol. The quantitative estimate of drug-likeness (QED) is 0.667. The van der Waals surface area contributed by atoms with Crippen LogP contribution in [0.25, 0.3) is 10.9 Å². The number of carbonyl (C=O) groups excluding carboxylic acids is 1. The summed E-state index contributed by atoms with van der Waals surface area (Å²) < 4.78 is 0. The maximum Gasteiger partial charge on any atom is 0.259 e. The van der Waals surface area contributed by atoms with E-state index in [1.165, 1.54) is 31.0 Å². The predicted molar refractivity (Wildman–Crippen MR) is 92.7 cm³/mol. The van der Waals surface area contributed by atoms with Gasteiger partial charge in [0, 0.05) is 6.04 Å². The number of benzene rings is 1. The molecule has 1 heterocycles. The minimum atomic E-state index is -0.167. The third-order valence-electron chi connectivity index (χ3n) is 4.39. The number of thioether (sulfide) groups is 1. The fourth-order valence-corrected chi connectivity index (χ4v) is 3.73. The smallest absolute Gasteiger partial charge is 0.259 e. The fraction of sp³-hybridized carbons (Fsp3) is 0.471. The average molecular weight is 331 g/mol. The van der Waals surface area contributed by atoms with Crippen molar-refractivity contribution in [2.75, 3.05) is 5.75 Å². The summed E-state index contributed by atoms with van der Waals surface area (Å²) in [5.41, 5.74) is 0.486. The van der Waals surface area contributed by atoms with Gasteiger partial charge in [-0.25, -0.2) is 4.98 Å². The summed E-state index contributed by atoms with van der Waals surface area (Å²) in [5, 5.41) is 4.16. The zero-order valence-electron chi connectivity index (χ0n) is 13.2. The van der Waals surface area contributed by atoms with Crippen molar-refractivity contribution in [2.45, 2.75) is 43.8 Å². The van der Waals surface area contributed by atoms with Crippen LogP contribution < -0.4 is 10.9 Å². The van der Waals surface area contributed by atoms with E-state index in [1.807, 2.05) is 12.1 Å². The van der Waals surface area contributed by atoms with Crippen LogP contribution in [-0.4, -0.2) is 27.7 Å². The standard InChI is InChI=1S/C17H21N3O2S/c1-11-6-2-4-8-13(11)18-15(21)10-23-17-19-14-9-5-3-7-12(14)16(22)20-17/h3,5,7,9,11,13H,2,4,6,8,10H2,1H3,(H,18,21)(H,19,20,22)/t11-,13+/m1/s1. The number of fused-ring (bicyclic) bond motifs is 1. The summed E-state index contributed by atoms with van der Waals surface area (Å²) in [6.45, 7) is 2.19. The fourth-order valence-electron chi connectivity index (χ4n) is 3.05. The Hall–Kier alpha value is -1.82. The Kier molecular flexibility index (Phi) is 5.00. The molecule has 5 nitrogen and oxygen atoms in total. The van der Waals surface area contributed by atoms with Crippen LogP contribution in [0.4, 0.5) is 0 Å². The van der Waals surface area contributed by atoms with Gasteiger partial charge in [-0.2, -0.15) is 0 Å². The van der Waals surface area contributed by atoms with Crippen molar-refractivity contribution < 1.29 is 4.79 Å². The molecule has 0 spiro atoms. The van der Waals surface area contributed by atoms with Gasteiger partial charge in [-0.1, -0.05) is 43.7 Å². The minimum absolute atomic E-state index is 0.00422. The lowest BCUT2D eigenvalue weighted by atomic mass is 9.86. The first-order valence-corrected chi connectivity index (χ1v) is 9.03. The lowest BCUT2D eigenvalue weighted by Crippen LogP contribution is -2.41. The first kappa shape index (κ1) is 16.1. The topological polar surface area (TPSA) is 74.8 Å². The number of aromatic amines is 1. The molecule has 1 saturated carbocycles. The molecule has 0 saturated heterocycles. The highest BCUT2D eigenvalue weighted by molar-refractivity contribution is 7.99. The maximum atomic E-state index is 12.1. The molecule has 2 N–H and O–H groups in total. The van der Waals surface area contributed by atoms with Crippen LogP contribution in [0.3, 0.4) is 0 Å². The van der Waals surface area contributed by atoms with E-state index >= 15 is 0 Å². The predicted octanol–water partition coefficient (Wildman–Crippen LogP) is 2.71. The van der Waals surface area contributed by atoms with Gasteiger partial charge >= 0.3 is 0 Å². The average Bonchev–Trinajstić information content (AvgIpc) is 2.55. The maximum absolute atomic E-state index is 12.1. The number of rotatable bonds is 4. The number of amides is 1. The zero-order valence-corrected chi connectivity index (χ0v) is 14.0. The van der Waals surface area contributed by atoms with E-state index in [-0.39, 0.29) is 23.3 Å². The Balaban J connectivity index is 1.61. The van der Waals surface area contributed by atoms with E-state index in [0.717, 1.165) is 6.42 Å². The van der Waals surface area contributed by atoms with Crippen LogP contribution in [0.5, 0.6) is 0 Å². The molecule has 122 valence electrons. The van der Waals surface area contributed by atoms with Gasteiger partial charge in [0.15, 0.2) is 5.16 Å². The summed E-state index contributed by atoms with van der Waals surface area (Å²) in [7, 11) is 0. The van der Waals surface area contributed by atoms with Crippen LogP contribution in [0.15, 0.2) is 34.2 Å². The molecule has 1 aromatic heterocycles. The van der Waals surface area contributed by atoms with Gasteiger partial charge in [-0.15, -0.1) is 0 Å². The summed E-state index contributed by atoms with van der Waals surface area (Å²) in [5.74, 6) is 0.811. The molecule has 1 aliphatic rings. The van der Waals surface area contributed by atoms with Crippen LogP contribution >= 0.6 is 11.8 Å². The Bertz CT molecular complexity index is 759. The first-order chi connectivity index (χ1) is 11.1. The van der Waals surface area contributed by atoms with Gasteiger partial charge < -0.3 is 10.3 Å². The number of aromatic nitrogens is 2. The molecule has 2 atom stereocenters. The van der Waals surface area contributed by atoms with E-state index in [0.29, 0.717) is 22.0 Å². The second-order valence-electron chi connectivity index (χ2n) is 6.11. The van der Waals surface area contributed by atoms with Crippen LogP contribution in [0, 0.1) is 5.92 Å². The van der Waals surface area contributed by atoms with E-state index in [9.17, 15) is 9.59 Å². The normalized spacial score (nSPS) is 21.3. The van der Waals surface area contributed by atoms with Gasteiger partial charge in [0.2, 0.25) is 5.91 Å². The Morgan fingerprint density at radius 2 is 2.13 bits per heavy atom. The molecule has 3 rings (SSSR count). The van der Waals surface area contributed by atoms with Crippen LogP contribution in [0.2, 0.25) is 0 Å². The Morgan fingerprint density at radius 1 is 1.35 bits per heavy atom. The molecular formula is C17H21N3O2S. The second-order valence-corrected chi connectivity index (χ2v) is 7.08. The molecule has 1 aromatic carbocycles. The number of carbonyl (C=O) groups is 1. The Morgan fingerprint density at radius 3 is 2.96 bits per heavy atom. The van der Waals surface area contributed by atoms with Crippen LogP contribution in [0.1, 0.15) is 32.6 Å². The second kappa shape index (κ2) is 7.17. The zero-order chi connectivity index (χ0) is 16.2. The molecule has 2 aromatic rings. The summed E-state index contributed by atoms with van der Waals surface area (Å²) in [6.07, 6.45) is 4.67. The number of H-pyrrole nitrogens is 1. The highest BCUT2D eigenvalue weighted by Gasteiger charge is 2.22. The highest BCUT2D eigenvalue weighted by atomic mass is 32.2. The van der Waals surface area contributed by atoms with Crippen molar-refractivity contribution in [3.8, 4) is 0 Å². The van der Waals surface area contributed by atoms with E-state index in [1.54, 1.807) is 12.1 Å². The summed E-state index contributed by atoms with van der Waals surface area (Å²) in [4.78, 5) is 31.3. The largest absolute Gasteiger partial charge is 0.352 e. The Labute approximate surface area is 139 Å². The third-order valence-corrected chi connectivity index (χ3v) is 5.26. The van der Waals surface area contributed by atoms with Crippen molar-refractivity contribution in [3.05, 3.63) is 34.6 Å². The molecule has 0 radical (unpaired) electrons. The molecule has 0 aliphatic heterocycles. The number of nitrogens with zero attached hydrogens (tertiary/aromatic N) is 1. The SMILES string of the molecule is C[C@@H]1CCCC[C@@H]1NC(=O)CSc1nc2ccccc2c(=O)[nH]1. The van der Waals surface area contributed by atoms with Crippen molar-refractivity contribution in [1.82, 2.24) is 15.3 Å². The van der Waals surface area contributed by atoms with Gasteiger partial charge in [-0.3, -0.25) is 9.59 Å². The van der Waals surface area contributed by atoms with Crippen molar-refractivity contribution in [3.63, 3.8) is 0 Å². The van der Waals surface area contributed by atoms with Gasteiger partial charge in [0.1, 0.15) is 0 Å². The first-order valence-electron chi connectivity index (χ1n) is 8.05. The summed E-state index contributed by atoms with van der Waals surface area (Å²) in [6, 6.07) is 7.48. The number of para-hydroxylation sites is 1. The molecular weight excluding hydrogens is 310 g/mol. The summed E-state index contributed by atoms with van der Waals surface area (Å²) >= 11 is 1.27. The minimum Gasteiger partial charge on any atom is -0.352 e.